The summed E-state index contributed by atoms with van der Waals surface area (Å²) >= 11 is 1.25. The number of hydrogen-bond acceptors (Lipinski definition) is 7. The molecule has 0 bridgehead atoms. The Morgan fingerprint density at radius 1 is 1.12 bits per heavy atom. The Kier molecular flexibility index (Phi) is 8.00. The van der Waals surface area contributed by atoms with E-state index in [1.54, 1.807) is 17.2 Å². The van der Waals surface area contributed by atoms with E-state index >= 15 is 0 Å². The van der Waals surface area contributed by atoms with Crippen LogP contribution in [0.2, 0.25) is 0 Å². The Bertz CT molecular complexity index is 1690. The number of urea groups is 1. The Morgan fingerprint density at radius 3 is 2.70 bits per heavy atom. The molecule has 1 fully saturated rings. The molecule has 4 amide bonds. The molecule has 4 heterocycles. The highest BCUT2D eigenvalue weighted by Gasteiger charge is 2.34. The minimum atomic E-state index is -0.359. The summed E-state index contributed by atoms with van der Waals surface area (Å²) in [7, 11) is 3.89. The van der Waals surface area contributed by atoms with Crippen LogP contribution in [0.25, 0.3) is 10.2 Å². The van der Waals surface area contributed by atoms with Crippen molar-refractivity contribution in [3.63, 3.8) is 0 Å². The van der Waals surface area contributed by atoms with Crippen molar-refractivity contribution >= 4 is 56.5 Å². The van der Waals surface area contributed by atoms with Gasteiger partial charge in [0.15, 0.2) is 0 Å². The van der Waals surface area contributed by atoms with E-state index in [1.807, 2.05) is 79.3 Å². The van der Waals surface area contributed by atoms with Gasteiger partial charge in [-0.3, -0.25) is 14.5 Å². The van der Waals surface area contributed by atoms with Gasteiger partial charge in [-0.2, -0.15) is 0 Å². The molecule has 0 saturated carbocycles. The minimum Gasteiger partial charge on any atom is -0.457 e. The van der Waals surface area contributed by atoms with E-state index in [1.165, 1.54) is 11.3 Å². The van der Waals surface area contributed by atoms with Crippen molar-refractivity contribution in [1.29, 1.82) is 0 Å². The number of aryl methyl sites for hydroxylation is 1. The van der Waals surface area contributed by atoms with Crippen LogP contribution in [0.4, 0.5) is 21.9 Å². The normalized spacial score (nSPS) is 16.4. The van der Waals surface area contributed by atoms with Crippen LogP contribution in [0.5, 0.6) is 11.5 Å². The van der Waals surface area contributed by atoms with Gasteiger partial charge in [-0.25, -0.2) is 9.78 Å². The van der Waals surface area contributed by atoms with Crippen molar-refractivity contribution < 1.29 is 19.1 Å². The van der Waals surface area contributed by atoms with Crippen LogP contribution in [0, 0.1) is 6.92 Å². The summed E-state index contributed by atoms with van der Waals surface area (Å²) in [5.74, 6) is 1.22. The number of hydrogen-bond donors (Lipinski definition) is 2. The van der Waals surface area contributed by atoms with Crippen molar-refractivity contribution in [3.8, 4) is 11.5 Å². The molecule has 10 nitrogen and oxygen atoms in total. The van der Waals surface area contributed by atoms with Crippen LogP contribution in [-0.2, 0) is 4.79 Å². The Morgan fingerprint density at radius 2 is 1.93 bits per heavy atom. The molecule has 222 valence electrons. The minimum absolute atomic E-state index is 0.0979. The number of nitrogens with zero attached hydrogens (tertiary/aromatic N) is 4. The summed E-state index contributed by atoms with van der Waals surface area (Å²) < 4.78 is 5.98. The number of anilines is 3. The second kappa shape index (κ2) is 12.0. The molecule has 2 aliphatic heterocycles. The van der Waals surface area contributed by atoms with Crippen molar-refractivity contribution in [2.24, 2.45) is 0 Å². The van der Waals surface area contributed by atoms with E-state index in [9.17, 15) is 14.4 Å². The summed E-state index contributed by atoms with van der Waals surface area (Å²) in [6.07, 6.45) is 3.72. The standard InChI is InChI=1S/C32H34N6O4S/c1-20-18-23(42-22-9-5-4-6-10-22)11-12-24(20)38-25-13-15-33-31-27(25)28(35-32(38)41)29(43-31)30(40)34-21-8-7-16-37(19-21)26(39)14-17-36(2)3/h4-6,9-13,15,18,21H,7-8,14,16-17,19H2,1-3H3,(H,34,40)(H,35,41). The molecule has 11 heteroatoms. The first-order valence-electron chi connectivity index (χ1n) is 14.4. The number of benzene rings is 2. The molecule has 6 rings (SSSR count). The van der Waals surface area contributed by atoms with Gasteiger partial charge in [0.05, 0.1) is 22.4 Å². The quantitative estimate of drug-likeness (QED) is 0.267. The monoisotopic (exact) mass is 598 g/mol. The number of pyridine rings is 1. The highest BCUT2D eigenvalue weighted by atomic mass is 32.1. The first-order valence-corrected chi connectivity index (χ1v) is 15.2. The lowest BCUT2D eigenvalue weighted by atomic mass is 10.0. The van der Waals surface area contributed by atoms with Gasteiger partial charge in [-0.1, -0.05) is 18.2 Å². The van der Waals surface area contributed by atoms with E-state index in [0.717, 1.165) is 29.5 Å². The van der Waals surface area contributed by atoms with Crippen LogP contribution in [0.3, 0.4) is 0 Å². The highest BCUT2D eigenvalue weighted by Crippen LogP contribution is 2.46. The second-order valence-electron chi connectivity index (χ2n) is 11.2. The maximum absolute atomic E-state index is 13.6. The average molecular weight is 599 g/mol. The molecule has 43 heavy (non-hydrogen) atoms. The summed E-state index contributed by atoms with van der Waals surface area (Å²) in [5, 5.41) is 6.82. The average Bonchev–Trinajstić information content (AvgIpc) is 3.37. The molecule has 1 saturated heterocycles. The number of rotatable bonds is 8. The van der Waals surface area contributed by atoms with Crippen LogP contribution in [-0.4, -0.2) is 72.4 Å². The fourth-order valence-corrected chi connectivity index (χ4v) is 6.62. The molecule has 0 aliphatic carbocycles. The lowest BCUT2D eigenvalue weighted by Crippen LogP contribution is -2.50. The lowest BCUT2D eigenvalue weighted by Gasteiger charge is -2.33. The Balaban J connectivity index is 1.23. The predicted octanol–water partition coefficient (Wildman–Crippen LogP) is 5.75. The number of piperidine rings is 1. The molecule has 2 aromatic heterocycles. The number of nitrogens with one attached hydrogen (secondary N) is 2. The number of para-hydroxylation sites is 1. The van der Waals surface area contributed by atoms with Crippen molar-refractivity contribution in [2.45, 2.75) is 32.2 Å². The smallest absolute Gasteiger partial charge is 0.331 e. The van der Waals surface area contributed by atoms with Gasteiger partial charge in [0.1, 0.15) is 21.2 Å². The van der Waals surface area contributed by atoms with Crippen molar-refractivity contribution in [3.05, 3.63) is 71.2 Å². The fraction of sp³-hybridized carbons (Fsp3) is 0.312. The van der Waals surface area contributed by atoms with Gasteiger partial charge in [0.25, 0.3) is 5.91 Å². The topological polar surface area (TPSA) is 107 Å². The first-order chi connectivity index (χ1) is 20.8. The van der Waals surface area contributed by atoms with Crippen LogP contribution in [0.15, 0.2) is 60.8 Å². The maximum atomic E-state index is 13.6. The molecule has 1 atom stereocenters. The first kappa shape index (κ1) is 28.6. The number of thiophene rings is 1. The third-order valence-corrected chi connectivity index (χ3v) is 8.82. The largest absolute Gasteiger partial charge is 0.457 e. The fourth-order valence-electron chi connectivity index (χ4n) is 5.60. The third-order valence-electron chi connectivity index (χ3n) is 7.72. The summed E-state index contributed by atoms with van der Waals surface area (Å²) in [6.45, 7) is 3.80. The van der Waals surface area contributed by atoms with E-state index < -0.39 is 0 Å². The molecule has 2 aromatic carbocycles. The van der Waals surface area contributed by atoms with E-state index in [4.69, 9.17) is 4.74 Å². The van der Waals surface area contributed by atoms with Crippen LogP contribution >= 0.6 is 11.3 Å². The van der Waals surface area contributed by atoms with Gasteiger partial charge in [-0.15, -0.1) is 11.3 Å². The predicted molar refractivity (Wildman–Crippen MR) is 169 cm³/mol. The number of carbonyl (C=O) groups excluding carboxylic acids is 3. The van der Waals surface area contributed by atoms with Crippen molar-refractivity contribution in [2.75, 3.05) is 43.9 Å². The highest BCUT2D eigenvalue weighted by molar-refractivity contribution is 7.21. The summed E-state index contributed by atoms with van der Waals surface area (Å²) in [4.78, 5) is 50.9. The number of carbonyl (C=O) groups is 3. The van der Waals surface area contributed by atoms with E-state index in [-0.39, 0.29) is 23.9 Å². The molecule has 1 unspecified atom stereocenters. The second-order valence-corrected chi connectivity index (χ2v) is 12.2. The molecular weight excluding hydrogens is 564 g/mol. The lowest BCUT2D eigenvalue weighted by molar-refractivity contribution is -0.132. The summed E-state index contributed by atoms with van der Waals surface area (Å²) in [6, 6.07) is 16.4. The molecule has 4 aromatic rings. The van der Waals surface area contributed by atoms with E-state index in [0.29, 0.717) is 58.6 Å². The zero-order chi connectivity index (χ0) is 30.1. The summed E-state index contributed by atoms with van der Waals surface area (Å²) in [5.41, 5.74) is 2.69. The Hall–Kier alpha value is -4.48. The SMILES string of the molecule is Cc1cc(Oc2ccccc2)ccc1N1C(=O)Nc2c(C(=O)NC3CCCN(C(=O)CCN(C)C)C3)sc3nccc1c23. The van der Waals surface area contributed by atoms with Crippen molar-refractivity contribution in [1.82, 2.24) is 20.1 Å². The van der Waals surface area contributed by atoms with Gasteiger partial charge >= 0.3 is 6.03 Å². The number of likely N-dealkylation sites (tertiary alicyclic amines) is 1. The zero-order valence-corrected chi connectivity index (χ0v) is 25.2. The molecular formula is C32H34N6O4S. The number of amides is 4. The molecule has 2 aliphatic rings. The molecule has 0 radical (unpaired) electrons. The number of aromatic nitrogens is 1. The van der Waals surface area contributed by atoms with Crippen LogP contribution in [0.1, 0.15) is 34.5 Å². The van der Waals surface area contributed by atoms with E-state index in [2.05, 4.69) is 15.6 Å². The molecule has 2 N–H and O–H groups in total. The van der Waals surface area contributed by atoms with Gasteiger partial charge in [0, 0.05) is 38.3 Å². The van der Waals surface area contributed by atoms with Gasteiger partial charge in [0.2, 0.25) is 5.91 Å². The number of ether oxygens (including phenoxy) is 1. The van der Waals surface area contributed by atoms with Gasteiger partial charge < -0.3 is 25.2 Å². The van der Waals surface area contributed by atoms with Crippen LogP contribution < -0.4 is 20.3 Å². The molecule has 0 spiro atoms. The third kappa shape index (κ3) is 5.91. The zero-order valence-electron chi connectivity index (χ0n) is 24.4. The van der Waals surface area contributed by atoms with Gasteiger partial charge in [-0.05, 0) is 75.8 Å². The maximum Gasteiger partial charge on any atom is 0.331 e. The Labute approximate surface area is 254 Å².